The van der Waals surface area contributed by atoms with Crippen LogP contribution in [0.4, 0.5) is 0 Å². The molecule has 1 unspecified atom stereocenters. The first-order valence-electron chi connectivity index (χ1n) is 3.56. The molecule has 0 aromatic carbocycles. The molecule has 0 aliphatic heterocycles. The molecule has 0 aromatic rings. The molecule has 0 saturated heterocycles. The molecule has 0 heterocycles. The predicted octanol–water partition coefficient (Wildman–Crippen LogP) is 2.33. The molecular weight excluding hydrogens is 176 g/mol. The highest BCUT2D eigenvalue weighted by molar-refractivity contribution is 6.31. The summed E-state index contributed by atoms with van der Waals surface area (Å²) in [5.41, 5.74) is 0.748. The summed E-state index contributed by atoms with van der Waals surface area (Å²) >= 11 is 5.73. The molecule has 2 nitrogen and oxygen atoms in total. The van der Waals surface area contributed by atoms with E-state index in [4.69, 9.17) is 16.7 Å². The van der Waals surface area contributed by atoms with Crippen molar-refractivity contribution in [3.05, 3.63) is 34.9 Å². The summed E-state index contributed by atoms with van der Waals surface area (Å²) in [5, 5.41) is 9.32. The normalized spacial score (nSPS) is 22.7. The number of allylic oxidation sites excluding steroid dienone is 4. The van der Waals surface area contributed by atoms with Gasteiger partial charge in [-0.1, -0.05) is 29.3 Å². The van der Waals surface area contributed by atoms with Crippen LogP contribution in [0.25, 0.3) is 0 Å². The van der Waals surface area contributed by atoms with Gasteiger partial charge >= 0.3 is 5.97 Å². The van der Waals surface area contributed by atoms with Crippen LogP contribution in [0, 0.1) is 5.92 Å². The van der Waals surface area contributed by atoms with Crippen LogP contribution in [0.5, 0.6) is 0 Å². The van der Waals surface area contributed by atoms with Gasteiger partial charge < -0.3 is 5.11 Å². The third kappa shape index (κ3) is 1.98. The maximum absolute atomic E-state index is 10.7. The van der Waals surface area contributed by atoms with Crippen molar-refractivity contribution in [2.75, 3.05) is 0 Å². The Morgan fingerprint density at radius 2 is 2.33 bits per heavy atom. The minimum atomic E-state index is -0.847. The maximum Gasteiger partial charge on any atom is 0.314 e. The summed E-state index contributed by atoms with van der Waals surface area (Å²) in [5.74, 6) is -1.39. The quantitative estimate of drug-likeness (QED) is 0.679. The van der Waals surface area contributed by atoms with E-state index < -0.39 is 11.9 Å². The zero-order valence-corrected chi connectivity index (χ0v) is 7.38. The van der Waals surface area contributed by atoms with Crippen LogP contribution < -0.4 is 0 Å². The van der Waals surface area contributed by atoms with Crippen LogP contribution in [0.15, 0.2) is 34.9 Å². The van der Waals surface area contributed by atoms with E-state index in [2.05, 4.69) is 0 Å². The minimum Gasteiger partial charge on any atom is -0.481 e. The molecular formula is C9H9ClO2. The van der Waals surface area contributed by atoms with E-state index in [-0.39, 0.29) is 0 Å². The van der Waals surface area contributed by atoms with E-state index in [0.29, 0.717) is 5.03 Å². The number of hydrogen-bond acceptors (Lipinski definition) is 1. The topological polar surface area (TPSA) is 37.3 Å². The molecule has 64 valence electrons. The highest BCUT2D eigenvalue weighted by Crippen LogP contribution is 2.20. The van der Waals surface area contributed by atoms with Gasteiger partial charge in [0.25, 0.3) is 0 Å². The molecule has 1 aliphatic carbocycles. The average Bonchev–Trinajstić information content (AvgIpc) is 2.10. The molecule has 0 bridgehead atoms. The van der Waals surface area contributed by atoms with E-state index in [1.165, 1.54) is 0 Å². The number of carboxylic acid groups (broad SMARTS) is 1. The molecule has 0 radical (unpaired) electrons. The summed E-state index contributed by atoms with van der Waals surface area (Å²) in [7, 11) is 0. The Morgan fingerprint density at radius 1 is 1.67 bits per heavy atom. The number of halogens is 1. The molecule has 0 aromatic heterocycles. The van der Waals surface area contributed by atoms with Crippen molar-refractivity contribution in [2.45, 2.75) is 6.92 Å². The number of aliphatic carboxylic acids is 1. The Balaban J connectivity index is 2.97. The van der Waals surface area contributed by atoms with E-state index in [1.54, 1.807) is 31.2 Å². The Kier molecular flexibility index (Phi) is 2.71. The number of hydrogen-bond donors (Lipinski definition) is 1. The monoisotopic (exact) mass is 184 g/mol. The molecule has 1 aliphatic rings. The fourth-order valence-corrected chi connectivity index (χ4v) is 1.29. The van der Waals surface area contributed by atoms with E-state index >= 15 is 0 Å². The van der Waals surface area contributed by atoms with Crippen molar-refractivity contribution in [3.8, 4) is 0 Å². The lowest BCUT2D eigenvalue weighted by atomic mass is 10.0. The fourth-order valence-electron chi connectivity index (χ4n) is 1.04. The lowest BCUT2D eigenvalue weighted by Crippen LogP contribution is -2.11. The molecule has 12 heavy (non-hydrogen) atoms. The molecule has 1 rings (SSSR count). The lowest BCUT2D eigenvalue weighted by Gasteiger charge is -2.05. The lowest BCUT2D eigenvalue weighted by molar-refractivity contribution is -0.138. The molecule has 0 amide bonds. The van der Waals surface area contributed by atoms with Gasteiger partial charge in [0.1, 0.15) is 0 Å². The summed E-state index contributed by atoms with van der Waals surface area (Å²) in [6.45, 7) is 1.75. The van der Waals surface area contributed by atoms with Gasteiger partial charge in [0.15, 0.2) is 0 Å². The highest BCUT2D eigenvalue weighted by Gasteiger charge is 2.16. The molecule has 0 fully saturated rings. The van der Waals surface area contributed by atoms with Gasteiger partial charge in [-0.05, 0) is 19.1 Å². The number of carbonyl (C=O) groups is 1. The van der Waals surface area contributed by atoms with Gasteiger partial charge in [0, 0.05) is 5.03 Å². The Hall–Kier alpha value is -1.02. The first-order chi connectivity index (χ1) is 5.61. The fraction of sp³-hybridized carbons (Fsp3) is 0.222. The van der Waals surface area contributed by atoms with Crippen molar-refractivity contribution in [1.82, 2.24) is 0 Å². The summed E-state index contributed by atoms with van der Waals surface area (Å²) < 4.78 is 0. The van der Waals surface area contributed by atoms with E-state index in [0.717, 1.165) is 5.57 Å². The van der Waals surface area contributed by atoms with Crippen LogP contribution in [0.2, 0.25) is 0 Å². The minimum absolute atomic E-state index is 0.544. The molecule has 0 spiro atoms. The van der Waals surface area contributed by atoms with Crippen LogP contribution in [0.3, 0.4) is 0 Å². The zero-order valence-electron chi connectivity index (χ0n) is 6.62. The maximum atomic E-state index is 10.7. The molecule has 0 saturated carbocycles. The Morgan fingerprint density at radius 3 is 2.92 bits per heavy atom. The number of rotatable bonds is 1. The molecule has 1 atom stereocenters. The molecule has 1 N–H and O–H groups in total. The number of carboxylic acids is 1. The second kappa shape index (κ2) is 3.59. The van der Waals surface area contributed by atoms with Crippen molar-refractivity contribution >= 4 is 17.6 Å². The van der Waals surface area contributed by atoms with Crippen molar-refractivity contribution in [1.29, 1.82) is 0 Å². The Bertz CT molecular complexity index is 287. The second-order valence-corrected chi connectivity index (χ2v) is 3.08. The summed E-state index contributed by atoms with van der Waals surface area (Å²) in [4.78, 5) is 10.7. The second-order valence-electron chi connectivity index (χ2n) is 2.64. The Labute approximate surface area is 75.8 Å². The smallest absolute Gasteiger partial charge is 0.314 e. The third-order valence-electron chi connectivity index (χ3n) is 1.68. The summed E-state index contributed by atoms with van der Waals surface area (Å²) in [6.07, 6.45) is 6.62. The first kappa shape index (κ1) is 9.07. The largest absolute Gasteiger partial charge is 0.481 e. The van der Waals surface area contributed by atoms with E-state index in [9.17, 15) is 4.79 Å². The van der Waals surface area contributed by atoms with Crippen LogP contribution in [0.1, 0.15) is 6.92 Å². The zero-order chi connectivity index (χ0) is 9.14. The van der Waals surface area contributed by atoms with E-state index in [1.807, 2.05) is 0 Å². The predicted molar refractivity (Wildman–Crippen MR) is 48.0 cm³/mol. The van der Waals surface area contributed by atoms with Gasteiger partial charge in [0.2, 0.25) is 0 Å². The van der Waals surface area contributed by atoms with Gasteiger partial charge in [-0.2, -0.15) is 0 Å². The van der Waals surface area contributed by atoms with Crippen LogP contribution >= 0.6 is 11.6 Å². The average molecular weight is 185 g/mol. The summed E-state index contributed by atoms with van der Waals surface area (Å²) in [6, 6.07) is 0. The van der Waals surface area contributed by atoms with Crippen LogP contribution in [-0.2, 0) is 4.79 Å². The molecule has 3 heteroatoms. The van der Waals surface area contributed by atoms with Gasteiger partial charge in [0.05, 0.1) is 5.92 Å². The highest BCUT2D eigenvalue weighted by atomic mass is 35.5. The standard InChI is InChI=1S/C9H9ClO2/c1-6-5-7(10)3-2-4-8(6)9(11)12/h2-5,8H,1H3,(H,11,12). The SMILES string of the molecule is CC1=CC(Cl)=CC=CC1C(=O)O. The van der Waals surface area contributed by atoms with Crippen molar-refractivity contribution in [3.63, 3.8) is 0 Å². The third-order valence-corrected chi connectivity index (χ3v) is 1.92. The van der Waals surface area contributed by atoms with Crippen LogP contribution in [-0.4, -0.2) is 11.1 Å². The van der Waals surface area contributed by atoms with Gasteiger partial charge in [-0.15, -0.1) is 0 Å². The first-order valence-corrected chi connectivity index (χ1v) is 3.94. The van der Waals surface area contributed by atoms with Gasteiger partial charge in [-0.3, -0.25) is 4.79 Å². The van der Waals surface area contributed by atoms with Crippen molar-refractivity contribution in [2.24, 2.45) is 5.92 Å². The van der Waals surface area contributed by atoms with Gasteiger partial charge in [-0.25, -0.2) is 0 Å². The van der Waals surface area contributed by atoms with Crippen molar-refractivity contribution < 1.29 is 9.90 Å².